The Morgan fingerprint density at radius 2 is 2.05 bits per heavy atom. The third kappa shape index (κ3) is 4.36. The Bertz CT molecular complexity index is 543. The highest BCUT2D eigenvalue weighted by atomic mass is 32.2. The van der Waals surface area contributed by atoms with Gasteiger partial charge >= 0.3 is 0 Å². The third-order valence-electron chi connectivity index (χ3n) is 2.81. The van der Waals surface area contributed by atoms with E-state index in [2.05, 4.69) is 4.72 Å². The lowest BCUT2D eigenvalue weighted by Crippen LogP contribution is -2.38. The van der Waals surface area contributed by atoms with Gasteiger partial charge in [0.1, 0.15) is 5.75 Å². The fraction of sp³-hybridized carbons (Fsp3) is 0.538. The second-order valence-corrected chi connectivity index (χ2v) is 6.75. The number of nitrogens with one attached hydrogen (secondary N) is 1. The van der Waals surface area contributed by atoms with Crippen molar-refractivity contribution in [2.45, 2.75) is 31.2 Å². The summed E-state index contributed by atoms with van der Waals surface area (Å²) in [4.78, 5) is 0.0609. The quantitative estimate of drug-likeness (QED) is 0.651. The lowest BCUT2D eigenvalue weighted by Gasteiger charge is -2.18. The summed E-state index contributed by atoms with van der Waals surface area (Å²) in [6.45, 7) is 3.68. The molecular weight excluding hydrogens is 280 g/mol. The molecule has 0 aromatic heterocycles. The van der Waals surface area contributed by atoms with Crippen molar-refractivity contribution in [1.82, 2.24) is 4.72 Å². The fourth-order valence-corrected chi connectivity index (χ4v) is 3.13. The topological polar surface area (TPSA) is 102 Å². The molecule has 7 heteroatoms. The number of benzene rings is 1. The highest BCUT2D eigenvalue weighted by Crippen LogP contribution is 2.24. The molecule has 4 N–H and O–H groups in total. The molecule has 1 atom stereocenters. The van der Waals surface area contributed by atoms with Gasteiger partial charge in [-0.1, -0.05) is 13.8 Å². The van der Waals surface area contributed by atoms with Crippen LogP contribution < -0.4 is 15.2 Å². The molecule has 0 spiro atoms. The van der Waals surface area contributed by atoms with Crippen LogP contribution in [-0.2, 0) is 10.0 Å². The fourth-order valence-electron chi connectivity index (χ4n) is 1.88. The van der Waals surface area contributed by atoms with Gasteiger partial charge in [0.25, 0.3) is 0 Å². The average Bonchev–Trinajstić information content (AvgIpc) is 2.37. The van der Waals surface area contributed by atoms with Crippen molar-refractivity contribution in [2.24, 2.45) is 5.92 Å². The summed E-state index contributed by atoms with van der Waals surface area (Å²) in [6, 6.07) is 3.73. The minimum absolute atomic E-state index is 0.0609. The predicted molar refractivity (Wildman–Crippen MR) is 78.1 cm³/mol. The highest BCUT2D eigenvalue weighted by Gasteiger charge is 2.21. The minimum atomic E-state index is -3.71. The number of nitrogen functional groups attached to an aromatic ring is 1. The molecule has 0 saturated heterocycles. The van der Waals surface area contributed by atoms with Gasteiger partial charge in [-0.3, -0.25) is 0 Å². The summed E-state index contributed by atoms with van der Waals surface area (Å²) in [6.07, 6.45) is 0.557. The molecular formula is C13H22N2O4S. The normalized spacial score (nSPS) is 13.4. The summed E-state index contributed by atoms with van der Waals surface area (Å²) >= 11 is 0. The van der Waals surface area contributed by atoms with E-state index in [1.54, 1.807) is 0 Å². The number of hydrogen-bond acceptors (Lipinski definition) is 5. The van der Waals surface area contributed by atoms with Crippen molar-refractivity contribution >= 4 is 15.7 Å². The zero-order valence-corrected chi connectivity index (χ0v) is 12.8. The van der Waals surface area contributed by atoms with E-state index in [0.717, 1.165) is 0 Å². The van der Waals surface area contributed by atoms with Crippen LogP contribution in [0, 0.1) is 5.92 Å². The van der Waals surface area contributed by atoms with Gasteiger partial charge in [-0.2, -0.15) is 0 Å². The van der Waals surface area contributed by atoms with Crippen molar-refractivity contribution in [3.05, 3.63) is 18.2 Å². The number of ether oxygens (including phenoxy) is 1. The standard InChI is InChI=1S/C13H22N2O4S/c1-9(2)6-10(8-16)15-20(17,18)11-4-5-12(14)13(7-11)19-3/h4-5,7,9-10,15-16H,6,8,14H2,1-3H3. The van der Waals surface area contributed by atoms with E-state index >= 15 is 0 Å². The molecule has 1 unspecified atom stereocenters. The Morgan fingerprint density at radius 3 is 2.55 bits per heavy atom. The molecule has 0 aliphatic heterocycles. The maximum Gasteiger partial charge on any atom is 0.241 e. The van der Waals surface area contributed by atoms with Crippen LogP contribution in [0.25, 0.3) is 0 Å². The van der Waals surface area contributed by atoms with Crippen molar-refractivity contribution in [3.63, 3.8) is 0 Å². The molecule has 0 bridgehead atoms. The lowest BCUT2D eigenvalue weighted by atomic mass is 10.1. The first-order chi connectivity index (χ1) is 9.30. The Balaban J connectivity index is 2.98. The highest BCUT2D eigenvalue weighted by molar-refractivity contribution is 7.89. The van der Waals surface area contributed by atoms with Crippen molar-refractivity contribution < 1.29 is 18.3 Å². The largest absolute Gasteiger partial charge is 0.495 e. The van der Waals surface area contributed by atoms with Crippen LogP contribution in [0.1, 0.15) is 20.3 Å². The zero-order chi connectivity index (χ0) is 15.3. The van der Waals surface area contributed by atoms with Gasteiger partial charge < -0.3 is 15.6 Å². The van der Waals surface area contributed by atoms with Crippen LogP contribution in [0.5, 0.6) is 5.75 Å². The number of sulfonamides is 1. The summed E-state index contributed by atoms with van der Waals surface area (Å²) in [5, 5.41) is 9.26. The molecule has 6 nitrogen and oxygen atoms in total. The first-order valence-electron chi connectivity index (χ1n) is 6.37. The van der Waals surface area contributed by atoms with Gasteiger partial charge in [0.2, 0.25) is 10.0 Å². The second-order valence-electron chi connectivity index (χ2n) is 5.03. The molecule has 0 saturated carbocycles. The molecule has 0 aliphatic rings. The molecule has 1 aromatic rings. The van der Waals surface area contributed by atoms with Crippen LogP contribution in [0.3, 0.4) is 0 Å². The second kappa shape index (κ2) is 6.92. The number of methoxy groups -OCH3 is 1. The monoisotopic (exact) mass is 302 g/mol. The van der Waals surface area contributed by atoms with Gasteiger partial charge in [-0.05, 0) is 24.5 Å². The van der Waals surface area contributed by atoms with Gasteiger partial charge in [-0.25, -0.2) is 13.1 Å². The molecule has 0 aliphatic carbocycles. The SMILES string of the molecule is COc1cc(S(=O)(=O)NC(CO)CC(C)C)ccc1N. The van der Waals surface area contributed by atoms with E-state index < -0.39 is 16.1 Å². The number of aliphatic hydroxyl groups is 1. The summed E-state index contributed by atoms with van der Waals surface area (Å²) in [5.74, 6) is 0.577. The van der Waals surface area contributed by atoms with Gasteiger partial charge in [-0.15, -0.1) is 0 Å². The molecule has 0 heterocycles. The first kappa shape index (κ1) is 16.7. The minimum Gasteiger partial charge on any atom is -0.495 e. The van der Waals surface area contributed by atoms with E-state index in [4.69, 9.17) is 10.5 Å². The Hall–Kier alpha value is -1.31. The molecule has 0 amide bonds. The summed E-state index contributed by atoms with van der Waals surface area (Å²) < 4.78 is 32.0. The van der Waals surface area contributed by atoms with Gasteiger partial charge in [0.15, 0.2) is 0 Å². The number of aliphatic hydroxyl groups excluding tert-OH is 1. The Morgan fingerprint density at radius 1 is 1.40 bits per heavy atom. The lowest BCUT2D eigenvalue weighted by molar-refractivity contribution is 0.240. The zero-order valence-electron chi connectivity index (χ0n) is 12.0. The summed E-state index contributed by atoms with van der Waals surface area (Å²) in [7, 11) is -2.29. The molecule has 114 valence electrons. The van der Waals surface area contributed by atoms with E-state index in [1.165, 1.54) is 25.3 Å². The molecule has 1 rings (SSSR count). The van der Waals surface area contributed by atoms with Crippen LogP contribution in [-0.4, -0.2) is 33.3 Å². The average molecular weight is 302 g/mol. The number of rotatable bonds is 7. The van der Waals surface area contributed by atoms with Crippen LogP contribution in [0.4, 0.5) is 5.69 Å². The molecule has 0 fully saturated rings. The predicted octanol–water partition coefficient (Wildman–Crippen LogP) is 0.963. The van der Waals surface area contributed by atoms with E-state index in [1.807, 2.05) is 13.8 Å². The maximum absolute atomic E-state index is 12.2. The smallest absolute Gasteiger partial charge is 0.241 e. The van der Waals surface area contributed by atoms with Gasteiger partial charge in [0.05, 0.1) is 24.3 Å². The van der Waals surface area contributed by atoms with E-state index in [0.29, 0.717) is 17.9 Å². The Labute approximate surface area is 120 Å². The van der Waals surface area contributed by atoms with Crippen molar-refractivity contribution in [1.29, 1.82) is 0 Å². The van der Waals surface area contributed by atoms with Crippen LogP contribution >= 0.6 is 0 Å². The number of anilines is 1. The molecule has 0 radical (unpaired) electrons. The van der Waals surface area contributed by atoms with Crippen molar-refractivity contribution in [2.75, 3.05) is 19.5 Å². The maximum atomic E-state index is 12.2. The molecule has 20 heavy (non-hydrogen) atoms. The Kier molecular flexibility index (Phi) is 5.79. The van der Waals surface area contributed by atoms with E-state index in [-0.39, 0.29) is 17.4 Å². The molecule has 1 aromatic carbocycles. The first-order valence-corrected chi connectivity index (χ1v) is 7.85. The van der Waals surface area contributed by atoms with Crippen LogP contribution in [0.15, 0.2) is 23.1 Å². The number of hydrogen-bond donors (Lipinski definition) is 3. The number of nitrogens with two attached hydrogens (primary N) is 1. The van der Waals surface area contributed by atoms with E-state index in [9.17, 15) is 13.5 Å². The summed E-state index contributed by atoms with van der Waals surface area (Å²) in [5.41, 5.74) is 6.02. The third-order valence-corrected chi connectivity index (χ3v) is 4.33. The van der Waals surface area contributed by atoms with Crippen molar-refractivity contribution in [3.8, 4) is 5.75 Å². The van der Waals surface area contributed by atoms with Gasteiger partial charge in [0, 0.05) is 12.1 Å². The van der Waals surface area contributed by atoms with Crippen LogP contribution in [0.2, 0.25) is 0 Å².